The second-order valence-electron chi connectivity index (χ2n) is 8.88. The minimum atomic E-state index is -1.48. The molecule has 35 heavy (non-hydrogen) atoms. The van der Waals surface area contributed by atoms with Gasteiger partial charge in [-0.2, -0.15) is 5.10 Å². The molecule has 3 aromatic rings. The van der Waals surface area contributed by atoms with Crippen molar-refractivity contribution in [2.45, 2.75) is 52.6 Å². The van der Waals surface area contributed by atoms with Gasteiger partial charge in [-0.15, -0.1) is 0 Å². The molecule has 0 aliphatic carbocycles. The molecule has 0 radical (unpaired) electrons. The first-order valence-corrected chi connectivity index (χ1v) is 11.2. The van der Waals surface area contributed by atoms with Crippen LogP contribution in [0.3, 0.4) is 0 Å². The lowest BCUT2D eigenvalue weighted by Crippen LogP contribution is -2.50. The van der Waals surface area contributed by atoms with Gasteiger partial charge in [0, 0.05) is 18.5 Å². The van der Waals surface area contributed by atoms with Gasteiger partial charge in [0.05, 0.1) is 30.5 Å². The Morgan fingerprint density at radius 3 is 2.40 bits per heavy atom. The van der Waals surface area contributed by atoms with Crippen LogP contribution in [0.1, 0.15) is 79.2 Å². The molecule has 0 fully saturated rings. The average molecular weight is 483 g/mol. The van der Waals surface area contributed by atoms with Crippen molar-refractivity contribution in [1.29, 1.82) is 0 Å². The molecule has 182 valence electrons. The van der Waals surface area contributed by atoms with Crippen molar-refractivity contribution in [3.05, 3.63) is 93.2 Å². The van der Waals surface area contributed by atoms with E-state index in [0.29, 0.717) is 0 Å². The fourth-order valence-corrected chi connectivity index (χ4v) is 3.96. The Balaban J connectivity index is 2.21. The molecule has 2 atom stereocenters. The van der Waals surface area contributed by atoms with Gasteiger partial charge in [-0.25, -0.2) is 0 Å². The van der Waals surface area contributed by atoms with Gasteiger partial charge in [0.25, 0.3) is 5.91 Å². The highest BCUT2D eigenvalue weighted by Crippen LogP contribution is 2.40. The molecular formula is C28H31N3O4. The lowest BCUT2D eigenvalue weighted by atomic mass is 9.83. The van der Waals surface area contributed by atoms with Gasteiger partial charge in [0.2, 0.25) is 11.2 Å². The minimum Gasteiger partial charge on any atom is -0.420 e. The zero-order valence-electron chi connectivity index (χ0n) is 29.1. The third kappa shape index (κ3) is 4.76. The predicted octanol–water partition coefficient (Wildman–Crippen LogP) is 4.35. The summed E-state index contributed by atoms with van der Waals surface area (Å²) in [5.41, 5.74) is -1.83. The van der Waals surface area contributed by atoms with Crippen LogP contribution in [0.25, 0.3) is 0 Å². The minimum absolute atomic E-state index is 0.0191. The number of aromatic nitrogens is 2. The van der Waals surface area contributed by atoms with Crippen molar-refractivity contribution in [1.82, 2.24) is 14.7 Å². The Bertz CT molecular complexity index is 1650. The maximum Gasteiger partial charge on any atom is 0.313 e. The molecule has 1 aliphatic heterocycles. The summed E-state index contributed by atoms with van der Waals surface area (Å²) < 4.78 is 83.3. The fourth-order valence-electron chi connectivity index (χ4n) is 3.96. The average Bonchev–Trinajstić information content (AvgIpc) is 2.97. The van der Waals surface area contributed by atoms with Crippen molar-refractivity contribution in [3.8, 4) is 5.75 Å². The molecular weight excluding hydrogens is 442 g/mol. The van der Waals surface area contributed by atoms with E-state index >= 15 is 0 Å². The molecule has 7 heteroatoms. The Labute approximate surface area is 218 Å². The molecule has 0 bridgehead atoms. The molecule has 2 heterocycles. The molecule has 1 aliphatic rings. The van der Waals surface area contributed by atoms with Crippen LogP contribution in [0, 0.1) is 12.8 Å². The third-order valence-corrected chi connectivity index (χ3v) is 5.72. The highest BCUT2D eigenvalue weighted by atomic mass is 16.5. The van der Waals surface area contributed by atoms with E-state index < -0.39 is 95.0 Å². The van der Waals surface area contributed by atoms with E-state index in [1.54, 1.807) is 13.8 Å². The number of nitrogens with zero attached hydrogens (tertiary/aromatic N) is 3. The first kappa shape index (κ1) is 15.3. The van der Waals surface area contributed by atoms with Crippen LogP contribution >= 0.6 is 0 Å². The number of fused-ring (bicyclic) bond motifs is 1. The van der Waals surface area contributed by atoms with E-state index in [4.69, 9.17) is 17.1 Å². The molecule has 2 aromatic carbocycles. The number of hydrogen-bond donors (Lipinski definition) is 0. The van der Waals surface area contributed by atoms with Crippen LogP contribution in [-0.2, 0) is 4.79 Å². The van der Waals surface area contributed by atoms with Gasteiger partial charge in [0.15, 0.2) is 5.69 Å². The third-order valence-electron chi connectivity index (χ3n) is 5.72. The summed E-state index contributed by atoms with van der Waals surface area (Å²) in [4.78, 5) is 40.8. The summed E-state index contributed by atoms with van der Waals surface area (Å²) in [7, 11) is 0. The molecule has 0 saturated heterocycles. The number of ether oxygens (including phenoxy) is 1. The summed E-state index contributed by atoms with van der Waals surface area (Å²) in [6.07, 6.45) is 0.827. The molecule has 1 amide bonds. The molecule has 1 unspecified atom stereocenters. The van der Waals surface area contributed by atoms with E-state index in [1.807, 2.05) is 0 Å². The maximum atomic E-state index is 13.8. The van der Waals surface area contributed by atoms with Crippen LogP contribution in [0.5, 0.6) is 5.75 Å². The van der Waals surface area contributed by atoms with E-state index in [9.17, 15) is 14.4 Å². The SMILES string of the molecule is [2H]c1c([2H])c([2H])c(C(c2c([2H])c([2H])c([2H])c(C)c2[2H])[C@H]2CN(C(C)C)C(=O)c3c(OC(=O)C(C)C)c(=O)cnn32)c([2H])c1[2H]. The predicted molar refractivity (Wildman–Crippen MR) is 134 cm³/mol. The first-order valence-electron chi connectivity index (χ1n) is 15.7. The zero-order chi connectivity index (χ0) is 33.1. The number of hydrogen-bond acceptors (Lipinski definition) is 5. The molecule has 0 N–H and O–H groups in total. The highest BCUT2D eigenvalue weighted by molar-refractivity contribution is 5.97. The summed E-state index contributed by atoms with van der Waals surface area (Å²) in [6.45, 7) is 7.63. The van der Waals surface area contributed by atoms with Gasteiger partial charge in [-0.1, -0.05) is 73.8 Å². The lowest BCUT2D eigenvalue weighted by Gasteiger charge is -2.41. The van der Waals surface area contributed by atoms with Crippen LogP contribution in [-0.4, -0.2) is 39.1 Å². The van der Waals surface area contributed by atoms with Crippen LogP contribution in [0.15, 0.2) is 65.4 Å². The maximum absolute atomic E-state index is 13.8. The number of amides is 1. The number of carbonyl (C=O) groups excluding carboxylic acids is 2. The molecule has 7 nitrogen and oxygen atoms in total. The fraction of sp³-hybridized carbons (Fsp3) is 0.357. The summed E-state index contributed by atoms with van der Waals surface area (Å²) in [5, 5.41) is 4.18. The molecule has 0 spiro atoms. The standard InChI is InChI=1S/C28H31N3O4/c1-17(2)28(34)35-26-23(32)15-29-31-22(16-30(18(3)4)27(33)25(26)31)24(20-11-7-6-8-12-20)21-13-9-10-19(5)14-21/h6-15,17-18,22,24H,16H2,1-5H3/t22-,24?/m1/s1/i6D,7D,8D,9D,10D,11D,12D,13D,14D. The molecule has 0 saturated carbocycles. The highest BCUT2D eigenvalue weighted by Gasteiger charge is 2.41. The van der Waals surface area contributed by atoms with E-state index in [2.05, 4.69) is 5.10 Å². The Morgan fingerprint density at radius 1 is 1.06 bits per heavy atom. The summed E-state index contributed by atoms with van der Waals surface area (Å²) in [6, 6.07) is -6.93. The normalized spacial score (nSPS) is 20.0. The monoisotopic (exact) mass is 482 g/mol. The summed E-state index contributed by atoms with van der Waals surface area (Å²) >= 11 is 0. The lowest BCUT2D eigenvalue weighted by molar-refractivity contribution is -0.137. The van der Waals surface area contributed by atoms with Crippen molar-refractivity contribution < 1.29 is 26.7 Å². The molecule has 1 aromatic heterocycles. The van der Waals surface area contributed by atoms with Gasteiger partial charge < -0.3 is 9.64 Å². The van der Waals surface area contributed by atoms with Gasteiger partial charge in [-0.05, 0) is 31.9 Å². The van der Waals surface area contributed by atoms with E-state index in [0.717, 1.165) is 10.9 Å². The number of rotatable bonds is 6. The smallest absolute Gasteiger partial charge is 0.313 e. The van der Waals surface area contributed by atoms with Gasteiger partial charge in [0.1, 0.15) is 0 Å². The first-order chi connectivity index (χ1) is 20.4. The number of esters is 1. The Morgan fingerprint density at radius 2 is 1.74 bits per heavy atom. The van der Waals surface area contributed by atoms with Crippen molar-refractivity contribution in [2.24, 2.45) is 5.92 Å². The topological polar surface area (TPSA) is 81.5 Å². The zero-order valence-corrected chi connectivity index (χ0v) is 20.1. The van der Waals surface area contributed by atoms with Crippen molar-refractivity contribution in [3.63, 3.8) is 0 Å². The number of carbonyl (C=O) groups is 2. The van der Waals surface area contributed by atoms with Gasteiger partial charge in [-0.3, -0.25) is 19.1 Å². The quantitative estimate of drug-likeness (QED) is 0.488. The van der Waals surface area contributed by atoms with Crippen LogP contribution < -0.4 is 10.2 Å². The van der Waals surface area contributed by atoms with Crippen molar-refractivity contribution >= 4 is 11.9 Å². The Kier molecular flexibility index (Phi) is 4.31. The number of benzene rings is 2. The van der Waals surface area contributed by atoms with Crippen LogP contribution in [0.4, 0.5) is 0 Å². The van der Waals surface area contributed by atoms with Crippen LogP contribution in [0.2, 0.25) is 0 Å². The molecule has 4 rings (SSSR count). The Hall–Kier alpha value is -3.74. The largest absolute Gasteiger partial charge is 0.420 e. The van der Waals surface area contributed by atoms with E-state index in [-0.39, 0.29) is 35.3 Å². The second kappa shape index (κ2) is 9.86. The summed E-state index contributed by atoms with van der Waals surface area (Å²) in [5.74, 6) is -4.27. The second-order valence-corrected chi connectivity index (χ2v) is 8.88. The van der Waals surface area contributed by atoms with E-state index in [1.165, 1.54) is 25.7 Å². The van der Waals surface area contributed by atoms with Crippen molar-refractivity contribution in [2.75, 3.05) is 6.54 Å². The van der Waals surface area contributed by atoms with Gasteiger partial charge >= 0.3 is 5.97 Å².